The molecule has 228 valence electrons. The molecular weight excluding hydrogens is 633 g/mol. The lowest BCUT2D eigenvalue weighted by molar-refractivity contribution is -0.192. The predicted octanol–water partition coefficient (Wildman–Crippen LogP) is 4.42. The summed E-state index contributed by atoms with van der Waals surface area (Å²) in [6, 6.07) is 11.7. The van der Waals surface area contributed by atoms with E-state index in [1.54, 1.807) is 0 Å². The number of hydrogen-bond acceptors (Lipinski definition) is 11. The number of aliphatic hydroxyl groups excluding tert-OH is 1. The Balaban J connectivity index is 1.68. The average molecular weight is 656 g/mol. The Labute approximate surface area is 245 Å². The minimum atomic E-state index is -4.47. The van der Waals surface area contributed by atoms with Gasteiger partial charge in [-0.15, -0.1) is 0 Å². The highest BCUT2D eigenvalue weighted by Gasteiger charge is 2.71. The maximum absolute atomic E-state index is 15.3. The molecule has 1 aliphatic heterocycles. The summed E-state index contributed by atoms with van der Waals surface area (Å²) in [4.78, 5) is 15.6. The first-order valence-corrected chi connectivity index (χ1v) is 14.7. The van der Waals surface area contributed by atoms with Gasteiger partial charge in [0.1, 0.15) is 28.8 Å². The second-order valence-electron chi connectivity index (χ2n) is 8.72. The quantitative estimate of drug-likeness (QED) is 0.224. The van der Waals surface area contributed by atoms with E-state index in [2.05, 4.69) is 4.98 Å². The molecule has 4 rings (SSSR count). The first-order valence-electron chi connectivity index (χ1n) is 11.7. The van der Waals surface area contributed by atoms with E-state index in [0.29, 0.717) is 17.7 Å². The molecule has 1 unspecified atom stereocenters. The topological polar surface area (TPSA) is 137 Å². The number of methoxy groups -OCH3 is 2. The molecule has 0 amide bonds. The highest BCUT2D eigenvalue weighted by atomic mass is 35.5. The normalized spacial score (nSPS) is 21.7. The van der Waals surface area contributed by atoms with Crippen LogP contribution < -0.4 is 29.9 Å². The number of nitrogens with zero attached hydrogens (tertiary/aromatic N) is 2. The van der Waals surface area contributed by atoms with Gasteiger partial charge < -0.3 is 34.1 Å². The van der Waals surface area contributed by atoms with Crippen LogP contribution in [0, 0.1) is 0 Å². The largest absolute Gasteiger partial charge is 0.497 e. The van der Waals surface area contributed by atoms with Crippen LogP contribution in [0.4, 0.5) is 23.4 Å². The van der Waals surface area contributed by atoms with Crippen molar-refractivity contribution in [1.29, 1.82) is 0 Å². The summed E-state index contributed by atoms with van der Waals surface area (Å²) in [5.41, 5.74) is 0.604. The van der Waals surface area contributed by atoms with Crippen molar-refractivity contribution in [2.45, 2.75) is 30.3 Å². The Morgan fingerprint density at radius 3 is 2.00 bits per heavy atom. The van der Waals surface area contributed by atoms with Crippen LogP contribution >= 0.6 is 18.3 Å². The standard InChI is InChI=1S/C24H23ClF4N3O8PS/c1-35-13-3-7-15(8-4-13)39-41(42,40-16-9-5-14(36-2)6-10-16)37-12-23(20(26)27)19(33)24(28,29)21(38-23)32-11-17(25)18(30)31-22(32)34/h3-11,19-21,33H,12H2,1-2H3,(H2,30,31,34)/t19?,21-,23-/m1/s1. The fourth-order valence-electron chi connectivity index (χ4n) is 3.81. The van der Waals surface area contributed by atoms with E-state index in [1.165, 1.54) is 62.8 Å². The van der Waals surface area contributed by atoms with Crippen molar-refractivity contribution in [3.63, 3.8) is 0 Å². The van der Waals surface area contributed by atoms with Crippen molar-refractivity contribution in [3.05, 3.63) is 70.2 Å². The molecule has 0 saturated carbocycles. The number of aliphatic hydroxyl groups is 1. The summed E-state index contributed by atoms with van der Waals surface area (Å²) < 4.78 is 91.9. The molecule has 1 fully saturated rings. The number of rotatable bonds is 11. The first-order chi connectivity index (χ1) is 19.7. The van der Waals surface area contributed by atoms with Crippen LogP contribution in [0.15, 0.2) is 59.5 Å². The van der Waals surface area contributed by atoms with Gasteiger partial charge in [-0.05, 0) is 48.5 Å². The molecular formula is C24H23ClF4N3O8PS. The lowest BCUT2D eigenvalue weighted by atomic mass is 9.96. The minimum Gasteiger partial charge on any atom is -0.497 e. The number of alkyl halides is 4. The van der Waals surface area contributed by atoms with Gasteiger partial charge in [0.15, 0.2) is 11.7 Å². The van der Waals surface area contributed by atoms with Crippen molar-refractivity contribution < 1.29 is 50.5 Å². The fraction of sp³-hybridized carbons (Fsp3) is 0.333. The number of halogens is 5. The summed E-state index contributed by atoms with van der Waals surface area (Å²) >= 11 is 11.2. The lowest BCUT2D eigenvalue weighted by Gasteiger charge is -2.32. The van der Waals surface area contributed by atoms with Crippen LogP contribution in [0.25, 0.3) is 0 Å². The van der Waals surface area contributed by atoms with Crippen LogP contribution in [0.5, 0.6) is 23.0 Å². The van der Waals surface area contributed by atoms with Gasteiger partial charge >= 0.3 is 18.3 Å². The van der Waals surface area contributed by atoms with Crippen LogP contribution in [0.1, 0.15) is 6.23 Å². The monoisotopic (exact) mass is 655 g/mol. The summed E-state index contributed by atoms with van der Waals surface area (Å²) in [6.07, 6.45) is -9.14. The van der Waals surface area contributed by atoms with Crippen molar-refractivity contribution in [2.24, 2.45) is 0 Å². The number of ether oxygens (including phenoxy) is 3. The lowest BCUT2D eigenvalue weighted by Crippen LogP contribution is -2.54. The van der Waals surface area contributed by atoms with E-state index < -0.39 is 60.1 Å². The molecule has 0 spiro atoms. The van der Waals surface area contributed by atoms with E-state index in [9.17, 15) is 18.7 Å². The zero-order valence-electron chi connectivity index (χ0n) is 21.7. The van der Waals surface area contributed by atoms with Gasteiger partial charge in [-0.2, -0.15) is 13.8 Å². The molecule has 3 aromatic rings. The number of benzene rings is 2. The summed E-state index contributed by atoms with van der Waals surface area (Å²) in [5, 5.41) is 10.1. The van der Waals surface area contributed by atoms with Gasteiger partial charge in [-0.1, -0.05) is 11.6 Å². The zero-order chi connectivity index (χ0) is 30.9. The summed E-state index contributed by atoms with van der Waals surface area (Å²) in [6.45, 7) is -5.62. The predicted molar refractivity (Wildman–Crippen MR) is 145 cm³/mol. The van der Waals surface area contributed by atoms with Crippen molar-refractivity contribution in [3.8, 4) is 23.0 Å². The maximum Gasteiger partial charge on any atom is 0.435 e. The molecule has 3 N–H and O–H groups in total. The average Bonchev–Trinajstić information content (AvgIpc) is 3.16. The van der Waals surface area contributed by atoms with E-state index in [4.69, 9.17) is 56.9 Å². The molecule has 1 aliphatic rings. The van der Waals surface area contributed by atoms with Crippen molar-refractivity contribution in [1.82, 2.24) is 9.55 Å². The smallest absolute Gasteiger partial charge is 0.435 e. The number of nitrogens with two attached hydrogens (primary N) is 1. The molecule has 2 heterocycles. The zero-order valence-corrected chi connectivity index (χ0v) is 24.1. The third-order valence-electron chi connectivity index (χ3n) is 6.05. The molecule has 2 aromatic carbocycles. The third kappa shape index (κ3) is 6.28. The molecule has 42 heavy (non-hydrogen) atoms. The first kappa shape index (κ1) is 31.8. The van der Waals surface area contributed by atoms with E-state index in [-0.39, 0.29) is 16.1 Å². The van der Waals surface area contributed by atoms with Gasteiger partial charge in [0.25, 0.3) is 6.43 Å². The SMILES string of the molecule is COc1ccc(OP(=S)(OC[C@@]2(C(F)F)O[C@@H](n3cc(Cl)c(N)nc3=O)C(F)(F)C2O)Oc2ccc(OC)cc2)cc1. The van der Waals surface area contributed by atoms with Crippen LogP contribution in [-0.4, -0.2) is 59.5 Å². The Morgan fingerprint density at radius 2 is 1.55 bits per heavy atom. The molecule has 18 heteroatoms. The highest BCUT2D eigenvalue weighted by molar-refractivity contribution is 8.07. The second-order valence-corrected chi connectivity index (χ2v) is 12.0. The van der Waals surface area contributed by atoms with Gasteiger partial charge in [0.05, 0.1) is 25.8 Å². The Hall–Kier alpha value is -3.14. The Kier molecular flexibility index (Phi) is 9.25. The molecule has 3 atom stereocenters. The van der Waals surface area contributed by atoms with E-state index in [1.807, 2.05) is 0 Å². The van der Waals surface area contributed by atoms with Crippen LogP contribution in [0.3, 0.4) is 0 Å². The Bertz CT molecular complexity index is 1470. The molecule has 0 radical (unpaired) electrons. The third-order valence-corrected chi connectivity index (χ3v) is 8.41. The van der Waals surface area contributed by atoms with Gasteiger partial charge in [-0.3, -0.25) is 9.09 Å². The molecule has 0 aliphatic carbocycles. The molecule has 11 nitrogen and oxygen atoms in total. The van der Waals surface area contributed by atoms with Gasteiger partial charge in [-0.25, -0.2) is 13.6 Å². The minimum absolute atomic E-state index is 0.0592. The molecule has 1 aromatic heterocycles. The molecule has 0 bridgehead atoms. The Morgan fingerprint density at radius 1 is 1.07 bits per heavy atom. The summed E-state index contributed by atoms with van der Waals surface area (Å²) in [7, 11) is 2.86. The van der Waals surface area contributed by atoms with Crippen molar-refractivity contribution in [2.75, 3.05) is 26.6 Å². The second kappa shape index (κ2) is 12.2. The van der Waals surface area contributed by atoms with E-state index in [0.717, 1.165) is 0 Å². The highest BCUT2D eigenvalue weighted by Crippen LogP contribution is 2.55. The van der Waals surface area contributed by atoms with E-state index >= 15 is 8.78 Å². The summed E-state index contributed by atoms with van der Waals surface area (Å²) in [5.74, 6) is -3.94. The number of anilines is 1. The van der Waals surface area contributed by atoms with Crippen LogP contribution in [-0.2, 0) is 21.1 Å². The number of hydrogen-bond donors (Lipinski definition) is 2. The molecule has 1 saturated heterocycles. The van der Waals surface area contributed by atoms with Crippen LogP contribution in [0.2, 0.25) is 5.02 Å². The van der Waals surface area contributed by atoms with Crippen molar-refractivity contribution >= 4 is 35.9 Å². The number of aromatic nitrogens is 2. The van der Waals surface area contributed by atoms with Gasteiger partial charge in [0.2, 0.25) is 6.23 Å². The number of nitrogen functional groups attached to an aromatic ring is 1. The van der Waals surface area contributed by atoms with Gasteiger partial charge in [0, 0.05) is 18.0 Å². The maximum atomic E-state index is 15.3. The fourth-order valence-corrected chi connectivity index (χ4v) is 5.89.